The van der Waals surface area contributed by atoms with Gasteiger partial charge in [-0.2, -0.15) is 0 Å². The first-order valence-corrected chi connectivity index (χ1v) is 9.11. The molecule has 2 N–H and O–H groups in total. The van der Waals surface area contributed by atoms with Gasteiger partial charge in [0.1, 0.15) is 0 Å². The Labute approximate surface area is 138 Å². The fraction of sp³-hybridized carbons (Fsp3) is 0.333. The van der Waals surface area contributed by atoms with Crippen LogP contribution in [-0.4, -0.2) is 19.6 Å². The van der Waals surface area contributed by atoms with Crippen molar-refractivity contribution in [3.8, 4) is 0 Å². The lowest BCUT2D eigenvalue weighted by atomic mass is 9.94. The van der Waals surface area contributed by atoms with E-state index >= 15 is 0 Å². The average Bonchev–Trinajstić information content (AvgIpc) is 2.53. The van der Waals surface area contributed by atoms with E-state index in [-0.39, 0.29) is 10.8 Å². The fourth-order valence-electron chi connectivity index (χ4n) is 2.39. The first-order valence-electron chi connectivity index (χ1n) is 7.63. The summed E-state index contributed by atoms with van der Waals surface area (Å²) in [6.07, 6.45) is -0.906. The van der Waals surface area contributed by atoms with Crippen LogP contribution in [0.2, 0.25) is 0 Å². The summed E-state index contributed by atoms with van der Waals surface area (Å²) in [7, 11) is -3.68. The number of rotatable bonds is 6. The second kappa shape index (κ2) is 7.25. The lowest BCUT2D eigenvalue weighted by Crippen LogP contribution is -2.42. The van der Waals surface area contributed by atoms with Gasteiger partial charge in [0.25, 0.3) is 0 Å². The van der Waals surface area contributed by atoms with Gasteiger partial charge >= 0.3 is 0 Å². The molecule has 5 heteroatoms. The Hall–Kier alpha value is -1.69. The monoisotopic (exact) mass is 333 g/mol. The van der Waals surface area contributed by atoms with Gasteiger partial charge in [-0.3, -0.25) is 0 Å². The van der Waals surface area contributed by atoms with E-state index in [1.807, 2.05) is 39.0 Å². The molecule has 0 fully saturated rings. The molecule has 0 aromatic heterocycles. The summed E-state index contributed by atoms with van der Waals surface area (Å²) < 4.78 is 27.8. The minimum absolute atomic E-state index is 0.0644. The zero-order chi connectivity index (χ0) is 17.0. The molecule has 0 amide bonds. The molecule has 0 aliphatic rings. The molecule has 0 heterocycles. The second-order valence-electron chi connectivity index (χ2n) is 6.06. The van der Waals surface area contributed by atoms with E-state index in [0.29, 0.717) is 5.56 Å². The zero-order valence-electron chi connectivity index (χ0n) is 13.6. The molecule has 4 nitrogen and oxygen atoms in total. The summed E-state index contributed by atoms with van der Waals surface area (Å²) in [5.74, 6) is -0.0644. The van der Waals surface area contributed by atoms with E-state index in [9.17, 15) is 13.5 Å². The van der Waals surface area contributed by atoms with Crippen molar-refractivity contribution in [2.45, 2.75) is 37.8 Å². The van der Waals surface area contributed by atoms with E-state index in [0.717, 1.165) is 5.56 Å². The van der Waals surface area contributed by atoms with Crippen molar-refractivity contribution in [1.82, 2.24) is 4.72 Å². The number of aryl methyl sites for hydroxylation is 1. The van der Waals surface area contributed by atoms with Crippen molar-refractivity contribution in [3.63, 3.8) is 0 Å². The molecule has 0 radical (unpaired) electrons. The first-order chi connectivity index (χ1) is 10.8. The van der Waals surface area contributed by atoms with Crippen molar-refractivity contribution in [2.75, 3.05) is 0 Å². The third kappa shape index (κ3) is 4.41. The third-order valence-corrected chi connectivity index (χ3v) is 5.30. The van der Waals surface area contributed by atoms with Gasteiger partial charge in [-0.15, -0.1) is 0 Å². The molecule has 0 unspecified atom stereocenters. The number of aliphatic hydroxyl groups is 1. The molecule has 2 aromatic rings. The minimum Gasteiger partial charge on any atom is -0.387 e. The lowest BCUT2D eigenvalue weighted by Gasteiger charge is -2.27. The zero-order valence-corrected chi connectivity index (χ0v) is 14.4. The van der Waals surface area contributed by atoms with Crippen LogP contribution in [0, 0.1) is 12.8 Å². The molecule has 0 spiro atoms. The molecule has 0 aliphatic heterocycles. The predicted molar refractivity (Wildman–Crippen MR) is 91.5 cm³/mol. The second-order valence-corrected chi connectivity index (χ2v) is 7.77. The number of nitrogens with one attached hydrogen (secondary N) is 1. The number of benzene rings is 2. The van der Waals surface area contributed by atoms with Crippen LogP contribution in [0.5, 0.6) is 0 Å². The van der Waals surface area contributed by atoms with Crippen LogP contribution in [0.25, 0.3) is 0 Å². The van der Waals surface area contributed by atoms with Gasteiger partial charge in [-0.1, -0.05) is 61.9 Å². The summed E-state index contributed by atoms with van der Waals surface area (Å²) in [6.45, 7) is 5.67. The Bertz CT molecular complexity index is 725. The van der Waals surface area contributed by atoms with Gasteiger partial charge in [0.2, 0.25) is 10.0 Å². The Kier molecular flexibility index (Phi) is 5.57. The first kappa shape index (κ1) is 17.7. The molecule has 23 heavy (non-hydrogen) atoms. The smallest absolute Gasteiger partial charge is 0.240 e. The quantitative estimate of drug-likeness (QED) is 0.854. The summed E-state index contributed by atoms with van der Waals surface area (Å²) in [6, 6.07) is 15.1. The predicted octanol–water partition coefficient (Wildman–Crippen LogP) is 3.03. The Balaban J connectivity index is 2.27. The van der Waals surface area contributed by atoms with Crippen LogP contribution in [0.4, 0.5) is 0 Å². The van der Waals surface area contributed by atoms with Crippen molar-refractivity contribution in [1.29, 1.82) is 0 Å². The molecule has 2 aromatic carbocycles. The largest absolute Gasteiger partial charge is 0.387 e. The lowest BCUT2D eigenvalue weighted by molar-refractivity contribution is 0.117. The minimum atomic E-state index is -3.68. The summed E-state index contributed by atoms with van der Waals surface area (Å²) in [4.78, 5) is 0.203. The van der Waals surface area contributed by atoms with E-state index in [1.165, 1.54) is 0 Å². The molecule has 124 valence electrons. The molecule has 2 rings (SSSR count). The Morgan fingerprint density at radius 3 is 2.04 bits per heavy atom. The van der Waals surface area contributed by atoms with Crippen molar-refractivity contribution >= 4 is 10.0 Å². The molecule has 2 atom stereocenters. The van der Waals surface area contributed by atoms with Gasteiger partial charge in [0.05, 0.1) is 17.0 Å². The maximum absolute atomic E-state index is 12.6. The van der Waals surface area contributed by atoms with Gasteiger partial charge in [-0.05, 0) is 30.5 Å². The molecule has 0 saturated heterocycles. The Morgan fingerprint density at radius 1 is 0.957 bits per heavy atom. The van der Waals surface area contributed by atoms with Crippen LogP contribution in [0.15, 0.2) is 59.5 Å². The normalized spacial score (nSPS) is 14.7. The molecule has 0 aliphatic carbocycles. The topological polar surface area (TPSA) is 66.4 Å². The number of sulfonamides is 1. The highest BCUT2D eigenvalue weighted by Crippen LogP contribution is 2.23. The molecular formula is C18H23NO3S. The SMILES string of the molecule is Cc1ccc(S(=O)(=O)N[C@@H](C(C)C)[C@H](O)c2ccccc2)cc1. The summed E-state index contributed by atoms with van der Waals surface area (Å²) >= 11 is 0. The van der Waals surface area contributed by atoms with Gasteiger partial charge in [0.15, 0.2) is 0 Å². The van der Waals surface area contributed by atoms with Crippen LogP contribution in [0.1, 0.15) is 31.1 Å². The molecule has 0 saturated carbocycles. The highest BCUT2D eigenvalue weighted by molar-refractivity contribution is 7.89. The average molecular weight is 333 g/mol. The van der Waals surface area contributed by atoms with E-state index < -0.39 is 22.2 Å². The van der Waals surface area contributed by atoms with Crippen LogP contribution >= 0.6 is 0 Å². The van der Waals surface area contributed by atoms with E-state index in [1.54, 1.807) is 36.4 Å². The van der Waals surface area contributed by atoms with Gasteiger partial charge in [0, 0.05) is 0 Å². The number of hydrogen-bond donors (Lipinski definition) is 2. The van der Waals surface area contributed by atoms with E-state index in [2.05, 4.69) is 4.72 Å². The molecular weight excluding hydrogens is 310 g/mol. The highest BCUT2D eigenvalue weighted by Gasteiger charge is 2.29. The molecule has 0 bridgehead atoms. The van der Waals surface area contributed by atoms with Gasteiger partial charge in [-0.25, -0.2) is 13.1 Å². The van der Waals surface area contributed by atoms with Crippen LogP contribution < -0.4 is 4.72 Å². The van der Waals surface area contributed by atoms with Crippen LogP contribution in [0.3, 0.4) is 0 Å². The van der Waals surface area contributed by atoms with Crippen molar-refractivity contribution in [2.24, 2.45) is 5.92 Å². The maximum atomic E-state index is 12.6. The number of hydrogen-bond acceptors (Lipinski definition) is 3. The summed E-state index contributed by atoms with van der Waals surface area (Å²) in [5.41, 5.74) is 1.69. The Morgan fingerprint density at radius 2 is 1.52 bits per heavy atom. The van der Waals surface area contributed by atoms with Crippen LogP contribution in [-0.2, 0) is 10.0 Å². The standard InChI is InChI=1S/C18H23NO3S/c1-13(2)17(18(20)15-7-5-4-6-8-15)19-23(21,22)16-11-9-14(3)10-12-16/h4-13,17-20H,1-3H3/t17-,18+/m0/s1. The highest BCUT2D eigenvalue weighted by atomic mass is 32.2. The van der Waals surface area contributed by atoms with Crippen molar-refractivity contribution < 1.29 is 13.5 Å². The maximum Gasteiger partial charge on any atom is 0.240 e. The summed E-state index contributed by atoms with van der Waals surface area (Å²) in [5, 5.41) is 10.6. The fourth-order valence-corrected chi connectivity index (χ4v) is 3.78. The van der Waals surface area contributed by atoms with Crippen molar-refractivity contribution in [3.05, 3.63) is 65.7 Å². The van der Waals surface area contributed by atoms with E-state index in [4.69, 9.17) is 0 Å². The number of aliphatic hydroxyl groups excluding tert-OH is 1. The third-order valence-electron chi connectivity index (χ3n) is 3.82. The van der Waals surface area contributed by atoms with Gasteiger partial charge < -0.3 is 5.11 Å².